The lowest BCUT2D eigenvalue weighted by molar-refractivity contribution is 1.12. The molecule has 0 nitrogen and oxygen atoms in total. The largest absolute Gasteiger partial charge is 0.0910 e. The second kappa shape index (κ2) is 5.55. The SMILES string of the molecule is CC(C)SSCc1ccccc1. The molecule has 2 heteroatoms. The zero-order chi connectivity index (χ0) is 8.81. The summed E-state index contributed by atoms with van der Waals surface area (Å²) in [5.41, 5.74) is 1.41. The minimum absolute atomic E-state index is 0.721. The van der Waals surface area contributed by atoms with Crippen LogP contribution in [0.1, 0.15) is 19.4 Å². The number of rotatable bonds is 4. The third-order valence-electron chi connectivity index (χ3n) is 1.33. The van der Waals surface area contributed by atoms with E-state index in [-0.39, 0.29) is 0 Å². The van der Waals surface area contributed by atoms with Crippen LogP contribution in [0.25, 0.3) is 0 Å². The Kier molecular flexibility index (Phi) is 4.62. The van der Waals surface area contributed by atoms with Gasteiger partial charge in [-0.2, -0.15) is 0 Å². The van der Waals surface area contributed by atoms with E-state index in [1.54, 1.807) is 0 Å². The molecule has 0 aliphatic carbocycles. The molecule has 12 heavy (non-hydrogen) atoms. The maximum Gasteiger partial charge on any atom is 0.0288 e. The van der Waals surface area contributed by atoms with Crippen LogP contribution in [-0.4, -0.2) is 5.25 Å². The molecule has 0 unspecified atom stereocenters. The smallest absolute Gasteiger partial charge is 0.0288 e. The van der Waals surface area contributed by atoms with Crippen LogP contribution in [0.15, 0.2) is 30.3 Å². The predicted octanol–water partition coefficient (Wildman–Crippen LogP) is 3.98. The highest BCUT2D eigenvalue weighted by molar-refractivity contribution is 8.76. The van der Waals surface area contributed by atoms with Gasteiger partial charge in [0.05, 0.1) is 0 Å². The first-order chi connectivity index (χ1) is 5.79. The van der Waals surface area contributed by atoms with E-state index in [2.05, 4.69) is 44.2 Å². The van der Waals surface area contributed by atoms with Crippen LogP contribution in [0.5, 0.6) is 0 Å². The fourth-order valence-corrected chi connectivity index (χ4v) is 2.91. The summed E-state index contributed by atoms with van der Waals surface area (Å²) in [5, 5.41) is 0.721. The normalized spacial score (nSPS) is 10.6. The van der Waals surface area contributed by atoms with E-state index in [9.17, 15) is 0 Å². The maximum absolute atomic E-state index is 2.22. The molecule has 66 valence electrons. The molecule has 0 N–H and O–H groups in total. The Labute approximate surface area is 82.5 Å². The van der Waals surface area contributed by atoms with Crippen molar-refractivity contribution in [2.75, 3.05) is 0 Å². The molecule has 1 aromatic rings. The molecule has 0 bridgehead atoms. The van der Waals surface area contributed by atoms with Crippen molar-refractivity contribution in [3.05, 3.63) is 35.9 Å². The molecule has 0 aliphatic heterocycles. The van der Waals surface area contributed by atoms with E-state index >= 15 is 0 Å². The molecule has 0 atom stereocenters. The Morgan fingerprint density at radius 1 is 1.17 bits per heavy atom. The summed E-state index contributed by atoms with van der Waals surface area (Å²) in [4.78, 5) is 0. The van der Waals surface area contributed by atoms with Crippen molar-refractivity contribution in [1.29, 1.82) is 0 Å². The molecule has 0 heterocycles. The molecule has 0 aromatic heterocycles. The first kappa shape index (κ1) is 10.0. The van der Waals surface area contributed by atoms with Gasteiger partial charge in [0.1, 0.15) is 0 Å². The van der Waals surface area contributed by atoms with E-state index < -0.39 is 0 Å². The topological polar surface area (TPSA) is 0 Å². The van der Waals surface area contributed by atoms with Crippen LogP contribution in [0.3, 0.4) is 0 Å². The van der Waals surface area contributed by atoms with Crippen molar-refractivity contribution < 1.29 is 0 Å². The monoisotopic (exact) mass is 198 g/mol. The Hall–Kier alpha value is -0.0800. The van der Waals surface area contributed by atoms with Crippen LogP contribution in [0.4, 0.5) is 0 Å². The average Bonchev–Trinajstić information content (AvgIpc) is 2.05. The molecular formula is C10H14S2. The summed E-state index contributed by atoms with van der Waals surface area (Å²) < 4.78 is 0. The Balaban J connectivity index is 2.25. The summed E-state index contributed by atoms with van der Waals surface area (Å²) in [6.07, 6.45) is 0. The second-order valence-electron chi connectivity index (χ2n) is 2.89. The summed E-state index contributed by atoms with van der Waals surface area (Å²) in [6, 6.07) is 10.6. The maximum atomic E-state index is 2.22. The highest BCUT2D eigenvalue weighted by Crippen LogP contribution is 2.29. The lowest BCUT2D eigenvalue weighted by Gasteiger charge is -2.03. The van der Waals surface area contributed by atoms with Gasteiger partial charge in [-0.3, -0.25) is 0 Å². The minimum atomic E-state index is 0.721. The average molecular weight is 198 g/mol. The standard InChI is InChI=1S/C10H14S2/c1-9(2)12-11-8-10-6-4-3-5-7-10/h3-7,9H,8H2,1-2H3. The van der Waals surface area contributed by atoms with Crippen LogP contribution >= 0.6 is 21.6 Å². The van der Waals surface area contributed by atoms with E-state index in [1.807, 2.05) is 21.6 Å². The van der Waals surface area contributed by atoms with E-state index in [0.29, 0.717) is 0 Å². The molecule has 0 amide bonds. The quantitative estimate of drug-likeness (QED) is 0.671. The number of benzene rings is 1. The highest BCUT2D eigenvalue weighted by atomic mass is 33.1. The zero-order valence-corrected chi connectivity index (χ0v) is 9.12. The third kappa shape index (κ3) is 4.07. The van der Waals surface area contributed by atoms with Crippen LogP contribution < -0.4 is 0 Å². The molecule has 0 radical (unpaired) electrons. The van der Waals surface area contributed by atoms with Gasteiger partial charge in [-0.1, -0.05) is 65.8 Å². The van der Waals surface area contributed by atoms with E-state index in [1.165, 1.54) is 5.56 Å². The molecule has 0 saturated heterocycles. The Morgan fingerprint density at radius 2 is 1.83 bits per heavy atom. The van der Waals surface area contributed by atoms with Crippen molar-refractivity contribution in [3.8, 4) is 0 Å². The van der Waals surface area contributed by atoms with Crippen molar-refractivity contribution in [2.45, 2.75) is 24.9 Å². The highest BCUT2D eigenvalue weighted by Gasteiger charge is 1.95. The zero-order valence-electron chi connectivity index (χ0n) is 7.49. The van der Waals surface area contributed by atoms with Crippen LogP contribution in [0, 0.1) is 0 Å². The summed E-state index contributed by atoms with van der Waals surface area (Å²) in [7, 11) is 3.87. The summed E-state index contributed by atoms with van der Waals surface area (Å²) in [5.74, 6) is 1.11. The molecule has 0 saturated carbocycles. The molecule has 1 rings (SSSR count). The molecule has 1 aromatic carbocycles. The fourth-order valence-electron chi connectivity index (χ4n) is 0.812. The third-order valence-corrected chi connectivity index (χ3v) is 4.22. The van der Waals surface area contributed by atoms with Gasteiger partial charge in [-0.05, 0) is 5.56 Å². The van der Waals surface area contributed by atoms with E-state index in [4.69, 9.17) is 0 Å². The minimum Gasteiger partial charge on any atom is -0.0910 e. The Morgan fingerprint density at radius 3 is 2.42 bits per heavy atom. The van der Waals surface area contributed by atoms with Crippen molar-refractivity contribution in [1.82, 2.24) is 0 Å². The van der Waals surface area contributed by atoms with Crippen molar-refractivity contribution in [3.63, 3.8) is 0 Å². The first-order valence-electron chi connectivity index (χ1n) is 4.11. The lowest BCUT2D eigenvalue weighted by atomic mass is 10.2. The fraction of sp³-hybridized carbons (Fsp3) is 0.400. The van der Waals surface area contributed by atoms with Crippen molar-refractivity contribution >= 4 is 21.6 Å². The van der Waals surface area contributed by atoms with Crippen LogP contribution in [-0.2, 0) is 5.75 Å². The van der Waals surface area contributed by atoms with Gasteiger partial charge >= 0.3 is 0 Å². The predicted molar refractivity (Wildman–Crippen MR) is 60.5 cm³/mol. The van der Waals surface area contributed by atoms with Crippen LogP contribution in [0.2, 0.25) is 0 Å². The molecular weight excluding hydrogens is 184 g/mol. The van der Waals surface area contributed by atoms with Gasteiger partial charge in [-0.25, -0.2) is 0 Å². The van der Waals surface area contributed by atoms with Gasteiger partial charge in [0, 0.05) is 11.0 Å². The van der Waals surface area contributed by atoms with E-state index in [0.717, 1.165) is 11.0 Å². The summed E-state index contributed by atoms with van der Waals surface area (Å²) in [6.45, 7) is 4.45. The second-order valence-corrected chi connectivity index (χ2v) is 5.84. The van der Waals surface area contributed by atoms with Crippen molar-refractivity contribution in [2.24, 2.45) is 0 Å². The number of hydrogen-bond acceptors (Lipinski definition) is 2. The van der Waals surface area contributed by atoms with Gasteiger partial charge < -0.3 is 0 Å². The summed E-state index contributed by atoms with van der Waals surface area (Å²) >= 11 is 0. The first-order valence-corrected chi connectivity index (χ1v) is 6.49. The molecule has 0 spiro atoms. The molecule has 0 fully saturated rings. The Bertz CT molecular complexity index is 206. The van der Waals surface area contributed by atoms with Gasteiger partial charge in [0.15, 0.2) is 0 Å². The van der Waals surface area contributed by atoms with Gasteiger partial charge in [0.25, 0.3) is 0 Å². The lowest BCUT2D eigenvalue weighted by Crippen LogP contribution is -1.82. The number of hydrogen-bond donors (Lipinski definition) is 0. The molecule has 0 aliphatic rings. The van der Waals surface area contributed by atoms with Gasteiger partial charge in [-0.15, -0.1) is 0 Å². The van der Waals surface area contributed by atoms with Gasteiger partial charge in [0.2, 0.25) is 0 Å².